The number of aliphatic hydroxyl groups excluding tert-OH is 1. The molecule has 3 nitrogen and oxygen atoms in total. The maximum Gasteiger partial charge on any atom is 0.165 e. The topological polar surface area (TPSA) is 32.7 Å². The van der Waals surface area contributed by atoms with Gasteiger partial charge in [0.2, 0.25) is 0 Å². The van der Waals surface area contributed by atoms with Crippen LogP contribution in [0.4, 0.5) is 4.39 Å². The van der Waals surface area contributed by atoms with Crippen LogP contribution >= 0.6 is 0 Å². The third kappa shape index (κ3) is 3.21. The lowest BCUT2D eigenvalue weighted by Gasteiger charge is -2.28. The molecule has 0 spiro atoms. The molecule has 1 aromatic rings. The van der Waals surface area contributed by atoms with Gasteiger partial charge in [0, 0.05) is 6.54 Å². The van der Waals surface area contributed by atoms with Crippen LogP contribution in [-0.2, 0) is 0 Å². The molecule has 100 valence electrons. The second-order valence-corrected chi connectivity index (χ2v) is 4.77. The summed E-state index contributed by atoms with van der Waals surface area (Å²) in [6, 6.07) is 4.63. The maximum absolute atomic E-state index is 13.5. The molecule has 1 aliphatic rings. The molecule has 2 rings (SSSR count). The van der Waals surface area contributed by atoms with E-state index < -0.39 is 11.9 Å². The molecule has 1 heterocycles. The van der Waals surface area contributed by atoms with Crippen LogP contribution in [0.3, 0.4) is 0 Å². The Hall–Kier alpha value is -1.13. The summed E-state index contributed by atoms with van der Waals surface area (Å²) in [6.45, 7) is 2.62. The molecule has 1 unspecified atom stereocenters. The van der Waals surface area contributed by atoms with Crippen molar-refractivity contribution in [3.8, 4) is 5.75 Å². The molecular formula is C14H20FNO2. The number of aliphatic hydroxyl groups is 1. The van der Waals surface area contributed by atoms with E-state index >= 15 is 0 Å². The first-order valence-electron chi connectivity index (χ1n) is 6.44. The fraction of sp³-hybridized carbons (Fsp3) is 0.571. The van der Waals surface area contributed by atoms with Gasteiger partial charge in [-0.2, -0.15) is 0 Å². The standard InChI is InChI=1S/C14H20FNO2/c1-18-14-6-5-11(9-12(14)15)13(17)10-16-7-3-2-4-8-16/h5-6,9,13,17H,2-4,7-8,10H2,1H3. The summed E-state index contributed by atoms with van der Waals surface area (Å²) in [4.78, 5) is 2.23. The summed E-state index contributed by atoms with van der Waals surface area (Å²) < 4.78 is 18.4. The summed E-state index contributed by atoms with van der Waals surface area (Å²) in [5, 5.41) is 10.1. The Morgan fingerprint density at radius 3 is 2.67 bits per heavy atom. The molecule has 0 aromatic heterocycles. The van der Waals surface area contributed by atoms with E-state index in [1.165, 1.54) is 32.4 Å². The van der Waals surface area contributed by atoms with E-state index in [1.807, 2.05) is 0 Å². The number of methoxy groups -OCH3 is 1. The SMILES string of the molecule is COc1ccc(C(O)CN2CCCCC2)cc1F. The zero-order chi connectivity index (χ0) is 13.0. The van der Waals surface area contributed by atoms with Crippen molar-refractivity contribution in [1.29, 1.82) is 0 Å². The molecule has 0 aliphatic carbocycles. The van der Waals surface area contributed by atoms with Crippen molar-refractivity contribution in [1.82, 2.24) is 4.90 Å². The molecule has 0 bridgehead atoms. The lowest BCUT2D eigenvalue weighted by atomic mass is 10.1. The van der Waals surface area contributed by atoms with E-state index in [2.05, 4.69) is 4.90 Å². The number of β-amino-alcohol motifs (C(OH)–C–C–N with tert-alkyl or cyclic N) is 1. The van der Waals surface area contributed by atoms with Crippen LogP contribution in [0.5, 0.6) is 5.75 Å². The van der Waals surface area contributed by atoms with Gasteiger partial charge in [-0.1, -0.05) is 12.5 Å². The van der Waals surface area contributed by atoms with E-state index in [4.69, 9.17) is 4.74 Å². The number of nitrogens with zero attached hydrogens (tertiary/aromatic N) is 1. The van der Waals surface area contributed by atoms with Gasteiger partial charge in [-0.3, -0.25) is 0 Å². The second kappa shape index (κ2) is 6.16. The zero-order valence-corrected chi connectivity index (χ0v) is 10.7. The normalized spacial score (nSPS) is 18.6. The molecule has 1 aliphatic heterocycles. The average Bonchev–Trinajstić information content (AvgIpc) is 2.39. The number of rotatable bonds is 4. The summed E-state index contributed by atoms with van der Waals surface area (Å²) >= 11 is 0. The Kier molecular flexibility index (Phi) is 4.55. The number of hydrogen-bond donors (Lipinski definition) is 1. The van der Waals surface area contributed by atoms with Crippen LogP contribution in [0.2, 0.25) is 0 Å². The van der Waals surface area contributed by atoms with Crippen LogP contribution in [0.1, 0.15) is 30.9 Å². The molecule has 0 radical (unpaired) electrons. The van der Waals surface area contributed by atoms with Crippen molar-refractivity contribution in [3.63, 3.8) is 0 Å². The van der Waals surface area contributed by atoms with Crippen LogP contribution in [0.25, 0.3) is 0 Å². The highest BCUT2D eigenvalue weighted by Crippen LogP contribution is 2.23. The molecule has 0 amide bonds. The van der Waals surface area contributed by atoms with Gasteiger partial charge in [0.1, 0.15) is 0 Å². The Labute approximate surface area is 107 Å². The van der Waals surface area contributed by atoms with Gasteiger partial charge in [0.05, 0.1) is 13.2 Å². The second-order valence-electron chi connectivity index (χ2n) is 4.77. The van der Waals surface area contributed by atoms with Gasteiger partial charge in [-0.25, -0.2) is 4.39 Å². The van der Waals surface area contributed by atoms with Gasteiger partial charge < -0.3 is 14.7 Å². The number of halogens is 1. The zero-order valence-electron chi connectivity index (χ0n) is 10.7. The van der Waals surface area contributed by atoms with Gasteiger partial charge in [0.25, 0.3) is 0 Å². The van der Waals surface area contributed by atoms with Gasteiger partial charge in [-0.05, 0) is 43.6 Å². The van der Waals surface area contributed by atoms with Crippen molar-refractivity contribution in [3.05, 3.63) is 29.6 Å². The van der Waals surface area contributed by atoms with Crippen LogP contribution in [0.15, 0.2) is 18.2 Å². The van der Waals surface area contributed by atoms with Crippen molar-refractivity contribution in [2.75, 3.05) is 26.7 Å². The Morgan fingerprint density at radius 2 is 2.06 bits per heavy atom. The van der Waals surface area contributed by atoms with E-state index in [9.17, 15) is 9.50 Å². The quantitative estimate of drug-likeness (QED) is 0.894. The molecule has 1 fully saturated rings. The number of hydrogen-bond acceptors (Lipinski definition) is 3. The minimum Gasteiger partial charge on any atom is -0.494 e. The highest BCUT2D eigenvalue weighted by atomic mass is 19.1. The van der Waals surface area contributed by atoms with E-state index in [0.29, 0.717) is 12.1 Å². The third-order valence-electron chi connectivity index (χ3n) is 3.44. The highest BCUT2D eigenvalue weighted by molar-refractivity contribution is 5.30. The lowest BCUT2D eigenvalue weighted by Crippen LogP contribution is -2.33. The molecule has 1 atom stereocenters. The fourth-order valence-corrected chi connectivity index (χ4v) is 2.38. The average molecular weight is 253 g/mol. The molecule has 4 heteroatoms. The predicted octanol–water partition coefficient (Wildman–Crippen LogP) is 2.35. The number of ether oxygens (including phenoxy) is 1. The van der Waals surface area contributed by atoms with Crippen molar-refractivity contribution in [2.45, 2.75) is 25.4 Å². The van der Waals surface area contributed by atoms with E-state index in [1.54, 1.807) is 12.1 Å². The summed E-state index contributed by atoms with van der Waals surface area (Å²) in [6.07, 6.45) is 3.00. The molecule has 0 saturated carbocycles. The molecular weight excluding hydrogens is 233 g/mol. The first-order valence-corrected chi connectivity index (χ1v) is 6.44. The van der Waals surface area contributed by atoms with Crippen LogP contribution < -0.4 is 4.74 Å². The summed E-state index contributed by atoms with van der Waals surface area (Å²) in [5.74, 6) is -0.211. The third-order valence-corrected chi connectivity index (χ3v) is 3.44. The van der Waals surface area contributed by atoms with Gasteiger partial charge >= 0.3 is 0 Å². The van der Waals surface area contributed by atoms with Gasteiger partial charge in [-0.15, -0.1) is 0 Å². The highest BCUT2D eigenvalue weighted by Gasteiger charge is 2.17. The van der Waals surface area contributed by atoms with Crippen molar-refractivity contribution >= 4 is 0 Å². The number of piperidine rings is 1. The molecule has 1 aromatic carbocycles. The molecule has 1 saturated heterocycles. The lowest BCUT2D eigenvalue weighted by molar-refractivity contribution is 0.101. The molecule has 18 heavy (non-hydrogen) atoms. The van der Waals surface area contributed by atoms with E-state index in [-0.39, 0.29) is 5.75 Å². The van der Waals surface area contributed by atoms with Gasteiger partial charge in [0.15, 0.2) is 11.6 Å². The summed E-state index contributed by atoms with van der Waals surface area (Å²) in [5.41, 5.74) is 0.610. The van der Waals surface area contributed by atoms with Crippen molar-refractivity contribution in [2.24, 2.45) is 0 Å². The fourth-order valence-electron chi connectivity index (χ4n) is 2.38. The molecule has 1 N–H and O–H groups in total. The first kappa shape index (κ1) is 13.3. The number of likely N-dealkylation sites (tertiary alicyclic amines) is 1. The minimum absolute atomic E-state index is 0.212. The monoisotopic (exact) mass is 253 g/mol. The minimum atomic E-state index is -0.636. The van der Waals surface area contributed by atoms with E-state index in [0.717, 1.165) is 13.1 Å². The summed E-state index contributed by atoms with van der Waals surface area (Å²) in [7, 11) is 1.43. The Morgan fingerprint density at radius 1 is 1.33 bits per heavy atom. The maximum atomic E-state index is 13.5. The van der Waals surface area contributed by atoms with Crippen molar-refractivity contribution < 1.29 is 14.2 Å². The Balaban J connectivity index is 1.99. The van der Waals surface area contributed by atoms with Crippen LogP contribution in [0, 0.1) is 5.82 Å². The van der Waals surface area contributed by atoms with Crippen LogP contribution in [-0.4, -0.2) is 36.8 Å². The Bertz CT molecular complexity index is 391. The first-order chi connectivity index (χ1) is 8.70. The largest absolute Gasteiger partial charge is 0.494 e. The smallest absolute Gasteiger partial charge is 0.165 e. The number of benzene rings is 1. The predicted molar refractivity (Wildman–Crippen MR) is 68.2 cm³/mol.